The average molecular weight is 423 g/mol. The van der Waals surface area contributed by atoms with E-state index in [2.05, 4.69) is 15.9 Å². The quantitative estimate of drug-likeness (QED) is 0.628. The van der Waals surface area contributed by atoms with Gasteiger partial charge in [-0.1, -0.05) is 6.92 Å². The molecule has 3 aromatic rings. The lowest BCUT2D eigenvalue weighted by molar-refractivity contribution is 0.600. The Morgan fingerprint density at radius 2 is 2.03 bits per heavy atom. The fourth-order valence-electron chi connectivity index (χ4n) is 3.23. The van der Waals surface area contributed by atoms with E-state index < -0.39 is 10.0 Å². The summed E-state index contributed by atoms with van der Waals surface area (Å²) in [6.45, 7) is 2.63. The molecule has 0 bridgehead atoms. The third-order valence-corrected chi connectivity index (χ3v) is 6.79. The van der Waals surface area contributed by atoms with Gasteiger partial charge in [-0.2, -0.15) is 10.4 Å². The van der Waals surface area contributed by atoms with Crippen molar-refractivity contribution in [3.63, 3.8) is 0 Å². The summed E-state index contributed by atoms with van der Waals surface area (Å²) in [5, 5.41) is 13.8. The third-order valence-electron chi connectivity index (χ3n) is 4.93. The van der Waals surface area contributed by atoms with Crippen LogP contribution in [-0.4, -0.2) is 28.0 Å². The molecule has 2 aromatic heterocycles. The molecule has 4 rings (SSSR count). The Bertz CT molecular complexity index is 1300. The Hall–Kier alpha value is -3.38. The van der Waals surface area contributed by atoms with Gasteiger partial charge in [-0.05, 0) is 49.6 Å². The second kappa shape index (κ2) is 7.80. The maximum Gasteiger partial charge on any atom is 0.250 e. The molecule has 2 heterocycles. The van der Waals surface area contributed by atoms with E-state index in [1.807, 2.05) is 6.92 Å². The van der Waals surface area contributed by atoms with E-state index in [0.717, 1.165) is 12.1 Å². The van der Waals surface area contributed by atoms with Crippen molar-refractivity contribution in [2.24, 2.45) is 0 Å². The van der Waals surface area contributed by atoms with Crippen molar-refractivity contribution in [1.29, 1.82) is 5.26 Å². The van der Waals surface area contributed by atoms with Gasteiger partial charge in [0.05, 0.1) is 28.3 Å². The number of nitriles is 1. The molecule has 1 aromatic carbocycles. The average Bonchev–Trinajstić information content (AvgIpc) is 3.49. The lowest BCUT2D eigenvalue weighted by Crippen LogP contribution is -2.19. The van der Waals surface area contributed by atoms with Crippen LogP contribution in [0.5, 0.6) is 0 Å². The summed E-state index contributed by atoms with van der Waals surface area (Å²) in [5.74, 6) is 0. The molecule has 1 N–H and O–H groups in total. The SMILES string of the molecule is CCCn1cc(-n2ccc(-c3ccc(NS(=O)(=O)C4CC4)cc3C#N)n2)ccc1=O. The number of benzene rings is 1. The van der Waals surface area contributed by atoms with Gasteiger partial charge >= 0.3 is 0 Å². The highest BCUT2D eigenvalue weighted by Crippen LogP contribution is 2.31. The molecule has 0 spiro atoms. The molecule has 0 radical (unpaired) electrons. The molecule has 9 heteroatoms. The van der Waals surface area contributed by atoms with Gasteiger partial charge in [0, 0.05) is 36.3 Å². The number of pyridine rings is 1. The van der Waals surface area contributed by atoms with Crippen LogP contribution in [0.1, 0.15) is 31.7 Å². The number of sulfonamides is 1. The molecule has 0 atom stereocenters. The molecule has 1 fully saturated rings. The molecule has 154 valence electrons. The third kappa shape index (κ3) is 4.00. The Balaban J connectivity index is 1.64. The first-order chi connectivity index (χ1) is 14.4. The van der Waals surface area contributed by atoms with Gasteiger partial charge in [-0.25, -0.2) is 13.1 Å². The van der Waals surface area contributed by atoms with E-state index in [0.29, 0.717) is 41.9 Å². The monoisotopic (exact) mass is 423 g/mol. The molecule has 30 heavy (non-hydrogen) atoms. The smallest absolute Gasteiger partial charge is 0.250 e. The number of aryl methyl sites for hydroxylation is 1. The van der Waals surface area contributed by atoms with Gasteiger partial charge < -0.3 is 4.57 Å². The Morgan fingerprint density at radius 1 is 1.23 bits per heavy atom. The van der Waals surface area contributed by atoms with Gasteiger partial charge in [0.25, 0.3) is 5.56 Å². The highest BCUT2D eigenvalue weighted by molar-refractivity contribution is 7.93. The summed E-state index contributed by atoms with van der Waals surface area (Å²) in [7, 11) is -3.39. The molecule has 0 amide bonds. The molecular formula is C21H21N5O3S. The van der Waals surface area contributed by atoms with Gasteiger partial charge in [0.2, 0.25) is 10.0 Å². The van der Waals surface area contributed by atoms with Gasteiger partial charge in [0.1, 0.15) is 0 Å². The van der Waals surface area contributed by atoms with Crippen molar-refractivity contribution in [3.05, 3.63) is 64.7 Å². The van der Waals surface area contributed by atoms with E-state index in [1.165, 1.54) is 12.1 Å². The first-order valence-electron chi connectivity index (χ1n) is 9.74. The van der Waals surface area contributed by atoms with E-state index in [4.69, 9.17) is 0 Å². The van der Waals surface area contributed by atoms with Gasteiger partial charge in [-0.15, -0.1) is 0 Å². The van der Waals surface area contributed by atoms with Crippen molar-refractivity contribution < 1.29 is 8.42 Å². The molecule has 0 saturated heterocycles. The first-order valence-corrected chi connectivity index (χ1v) is 11.3. The molecule has 0 aliphatic heterocycles. The Labute approximate surface area is 174 Å². The summed E-state index contributed by atoms with van der Waals surface area (Å²) < 4.78 is 30.1. The second-order valence-electron chi connectivity index (χ2n) is 7.28. The fraction of sp³-hybridized carbons (Fsp3) is 0.286. The molecule has 1 saturated carbocycles. The van der Waals surface area contributed by atoms with Crippen molar-refractivity contribution in [2.75, 3.05) is 4.72 Å². The van der Waals surface area contributed by atoms with Crippen LogP contribution in [0.2, 0.25) is 0 Å². The first kappa shape index (κ1) is 19.9. The fourth-order valence-corrected chi connectivity index (χ4v) is 4.61. The van der Waals surface area contributed by atoms with Crippen LogP contribution in [0.15, 0.2) is 53.6 Å². The standard InChI is InChI=1S/C21H21N5O3S/c1-2-10-25-14-17(4-8-21(25)27)26-11-9-20(23-26)19-7-3-16(12-15(19)13-22)24-30(28,29)18-5-6-18/h3-4,7-9,11-12,14,18,24H,2,5-6,10H2,1H3. The van der Waals surface area contributed by atoms with E-state index >= 15 is 0 Å². The number of anilines is 1. The van der Waals surface area contributed by atoms with Crippen LogP contribution in [-0.2, 0) is 16.6 Å². The largest absolute Gasteiger partial charge is 0.313 e. The van der Waals surface area contributed by atoms with Crippen LogP contribution in [0, 0.1) is 11.3 Å². The molecule has 1 aliphatic rings. The second-order valence-corrected chi connectivity index (χ2v) is 9.24. The zero-order valence-corrected chi connectivity index (χ0v) is 17.3. The van der Waals surface area contributed by atoms with E-state index in [9.17, 15) is 18.5 Å². The number of aromatic nitrogens is 3. The predicted molar refractivity (Wildman–Crippen MR) is 114 cm³/mol. The van der Waals surface area contributed by atoms with Crippen LogP contribution in [0.25, 0.3) is 16.9 Å². The minimum atomic E-state index is -3.39. The molecule has 0 unspecified atom stereocenters. The summed E-state index contributed by atoms with van der Waals surface area (Å²) >= 11 is 0. The van der Waals surface area contributed by atoms with Crippen molar-refractivity contribution in [2.45, 2.75) is 38.0 Å². The zero-order valence-electron chi connectivity index (χ0n) is 16.4. The van der Waals surface area contributed by atoms with Crippen LogP contribution in [0.3, 0.4) is 0 Å². The number of nitrogens with zero attached hydrogens (tertiary/aromatic N) is 4. The minimum absolute atomic E-state index is 0.0658. The normalized spacial score (nSPS) is 13.7. The van der Waals surface area contributed by atoms with Crippen LogP contribution >= 0.6 is 0 Å². The van der Waals surface area contributed by atoms with Gasteiger partial charge in [0.15, 0.2) is 0 Å². The molecule has 8 nitrogen and oxygen atoms in total. The zero-order chi connectivity index (χ0) is 21.3. The summed E-state index contributed by atoms with van der Waals surface area (Å²) in [4.78, 5) is 11.9. The predicted octanol–water partition coefficient (Wildman–Crippen LogP) is 2.89. The van der Waals surface area contributed by atoms with Gasteiger partial charge in [-0.3, -0.25) is 9.52 Å². The lowest BCUT2D eigenvalue weighted by Gasteiger charge is -2.09. The van der Waals surface area contributed by atoms with Crippen molar-refractivity contribution in [1.82, 2.24) is 14.3 Å². The Morgan fingerprint density at radius 3 is 2.73 bits per heavy atom. The Kier molecular flexibility index (Phi) is 5.18. The number of hydrogen-bond acceptors (Lipinski definition) is 5. The lowest BCUT2D eigenvalue weighted by atomic mass is 10.1. The number of hydrogen-bond donors (Lipinski definition) is 1. The highest BCUT2D eigenvalue weighted by atomic mass is 32.2. The van der Waals surface area contributed by atoms with Crippen LogP contribution < -0.4 is 10.3 Å². The molecule has 1 aliphatic carbocycles. The number of rotatable bonds is 7. The highest BCUT2D eigenvalue weighted by Gasteiger charge is 2.35. The van der Waals surface area contributed by atoms with Crippen LogP contribution in [0.4, 0.5) is 5.69 Å². The van der Waals surface area contributed by atoms with Crippen molar-refractivity contribution >= 4 is 15.7 Å². The maximum absolute atomic E-state index is 12.1. The van der Waals surface area contributed by atoms with E-state index in [-0.39, 0.29) is 10.8 Å². The summed E-state index contributed by atoms with van der Waals surface area (Å²) in [5.41, 5.74) is 2.55. The van der Waals surface area contributed by atoms with E-state index in [1.54, 1.807) is 45.9 Å². The summed E-state index contributed by atoms with van der Waals surface area (Å²) in [6, 6.07) is 12.0. The van der Waals surface area contributed by atoms with Crippen molar-refractivity contribution in [3.8, 4) is 23.0 Å². The summed E-state index contributed by atoms with van der Waals surface area (Å²) in [6.07, 6.45) is 5.69. The topological polar surface area (TPSA) is 110 Å². The molecular weight excluding hydrogens is 402 g/mol. The minimum Gasteiger partial charge on any atom is -0.313 e. The maximum atomic E-state index is 12.1. The number of nitrogens with one attached hydrogen (secondary N) is 1.